The first-order valence-corrected chi connectivity index (χ1v) is 14.3. The Morgan fingerprint density at radius 1 is 1.08 bits per heavy atom. The summed E-state index contributed by atoms with van der Waals surface area (Å²) in [5.74, 6) is 1.65. The fourth-order valence-corrected chi connectivity index (χ4v) is 9.70. The molecule has 1 aliphatic heterocycles. The van der Waals surface area contributed by atoms with Crippen molar-refractivity contribution in [3.8, 4) is 0 Å². The molecule has 2 amide bonds. The van der Waals surface area contributed by atoms with Gasteiger partial charge >= 0.3 is 11.7 Å². The standard InChI is InChI=1S/C29H43N3O4/c1-27-11-7-21(31-26(34)32-14-10-20(30)16-32)15-19(27)4-5-24-23(27)8-12-28(2)22(9-13-29(24,28)35)18-3-6-25(33)36-17-18/h3,6,17,19-24,35H,4-5,7-16,30H2,1-2H3,(H,31,34)/t19-,20-,21+,22-,23+,24-,27+,28-,29+/m1/s1. The average molecular weight is 498 g/mol. The molecule has 0 spiro atoms. The summed E-state index contributed by atoms with van der Waals surface area (Å²) in [5.41, 5.74) is 6.09. The minimum atomic E-state index is -0.676. The summed E-state index contributed by atoms with van der Waals surface area (Å²) in [7, 11) is 0. The van der Waals surface area contributed by atoms with Gasteiger partial charge in [0, 0.05) is 36.7 Å². The predicted octanol–water partition coefficient (Wildman–Crippen LogP) is 3.99. The molecule has 4 saturated carbocycles. The SMILES string of the molecule is C[C@]12CC[C@H](NC(=O)N3CC[C@@H](N)C3)C[C@H]1CC[C@@H]1[C@@H]2CC[C@]2(C)[C@@H](c3ccc(=O)oc3)CC[C@]12O. The van der Waals surface area contributed by atoms with Crippen LogP contribution in [0.25, 0.3) is 0 Å². The Hall–Kier alpha value is -1.86. The molecule has 0 radical (unpaired) electrons. The maximum absolute atomic E-state index is 12.8. The van der Waals surface area contributed by atoms with Crippen molar-refractivity contribution in [2.45, 2.75) is 102 Å². The highest BCUT2D eigenvalue weighted by atomic mass is 16.4. The van der Waals surface area contributed by atoms with Crippen molar-refractivity contribution < 1.29 is 14.3 Å². The Balaban J connectivity index is 1.17. The molecule has 36 heavy (non-hydrogen) atoms. The van der Waals surface area contributed by atoms with E-state index in [0.29, 0.717) is 24.3 Å². The topological polar surface area (TPSA) is 109 Å². The number of hydrogen-bond donors (Lipinski definition) is 3. The number of urea groups is 1. The number of carbonyl (C=O) groups excluding carboxylic acids is 1. The maximum Gasteiger partial charge on any atom is 0.335 e. The highest BCUT2D eigenvalue weighted by Crippen LogP contribution is 2.70. The lowest BCUT2D eigenvalue weighted by molar-refractivity contribution is -0.201. The van der Waals surface area contributed by atoms with E-state index in [1.807, 2.05) is 11.0 Å². The van der Waals surface area contributed by atoms with Gasteiger partial charge in [0.15, 0.2) is 0 Å². The monoisotopic (exact) mass is 497 g/mol. The number of fused-ring (bicyclic) bond motifs is 5. The molecule has 5 aliphatic rings. The smallest absolute Gasteiger partial charge is 0.335 e. The van der Waals surface area contributed by atoms with Crippen molar-refractivity contribution in [2.24, 2.45) is 34.3 Å². The molecule has 0 unspecified atom stereocenters. The second-order valence-corrected chi connectivity index (χ2v) is 13.3. The van der Waals surface area contributed by atoms with Gasteiger partial charge in [-0.25, -0.2) is 9.59 Å². The van der Waals surface area contributed by atoms with E-state index in [-0.39, 0.29) is 40.5 Å². The molecule has 1 saturated heterocycles. The molecule has 0 bridgehead atoms. The number of hydrogen-bond acceptors (Lipinski definition) is 5. The number of amides is 2. The van der Waals surface area contributed by atoms with Gasteiger partial charge in [-0.15, -0.1) is 0 Å². The number of nitrogens with two attached hydrogens (primary N) is 1. The Morgan fingerprint density at radius 3 is 2.64 bits per heavy atom. The number of likely N-dealkylation sites (tertiary alicyclic amines) is 1. The summed E-state index contributed by atoms with van der Waals surface area (Å²) in [6.45, 7) is 6.20. The number of rotatable bonds is 2. The molecule has 198 valence electrons. The molecule has 7 heteroatoms. The van der Waals surface area contributed by atoms with Crippen molar-refractivity contribution in [1.82, 2.24) is 10.2 Å². The number of aliphatic hydroxyl groups is 1. The summed E-state index contributed by atoms with van der Waals surface area (Å²) in [6, 6.07) is 3.83. The zero-order chi connectivity index (χ0) is 25.3. The Kier molecular flexibility index (Phi) is 5.84. The molecule has 1 aromatic rings. The third kappa shape index (κ3) is 3.59. The van der Waals surface area contributed by atoms with E-state index in [0.717, 1.165) is 76.3 Å². The molecule has 7 nitrogen and oxygen atoms in total. The van der Waals surface area contributed by atoms with Crippen molar-refractivity contribution >= 4 is 6.03 Å². The Labute approximate surface area is 214 Å². The lowest BCUT2D eigenvalue weighted by Gasteiger charge is -2.63. The zero-order valence-electron chi connectivity index (χ0n) is 21.9. The van der Waals surface area contributed by atoms with Crippen LogP contribution in [0.1, 0.15) is 89.5 Å². The third-order valence-corrected chi connectivity index (χ3v) is 11.8. The maximum atomic E-state index is 12.8. The summed E-state index contributed by atoms with van der Waals surface area (Å²) in [4.78, 5) is 26.2. The largest absolute Gasteiger partial charge is 0.431 e. The van der Waals surface area contributed by atoms with Gasteiger partial charge in [-0.2, -0.15) is 0 Å². The lowest BCUT2D eigenvalue weighted by Crippen LogP contribution is -2.62. The van der Waals surface area contributed by atoms with Crippen LogP contribution in [0.3, 0.4) is 0 Å². The van der Waals surface area contributed by atoms with Crippen LogP contribution in [0.5, 0.6) is 0 Å². The first kappa shape index (κ1) is 24.5. The quantitative estimate of drug-likeness (QED) is 0.572. The normalized spacial score (nSPS) is 46.1. The minimum Gasteiger partial charge on any atom is -0.431 e. The molecule has 2 heterocycles. The summed E-state index contributed by atoms with van der Waals surface area (Å²) in [6.07, 6.45) is 11.8. The highest BCUT2D eigenvalue weighted by molar-refractivity contribution is 5.75. The molecule has 6 rings (SSSR count). The highest BCUT2D eigenvalue weighted by Gasteiger charge is 2.67. The van der Waals surface area contributed by atoms with Gasteiger partial charge < -0.3 is 25.5 Å². The first-order valence-electron chi connectivity index (χ1n) is 14.3. The van der Waals surface area contributed by atoms with Crippen molar-refractivity contribution in [3.63, 3.8) is 0 Å². The van der Waals surface area contributed by atoms with Crippen molar-refractivity contribution in [3.05, 3.63) is 34.4 Å². The molecule has 5 fully saturated rings. The molecule has 1 aromatic heterocycles. The van der Waals surface area contributed by atoms with Gasteiger partial charge in [0.1, 0.15) is 0 Å². The number of nitrogens with zero attached hydrogens (tertiary/aromatic N) is 1. The van der Waals surface area contributed by atoms with E-state index in [4.69, 9.17) is 10.2 Å². The van der Waals surface area contributed by atoms with Crippen LogP contribution in [0.4, 0.5) is 4.79 Å². The van der Waals surface area contributed by atoms with E-state index in [2.05, 4.69) is 19.2 Å². The molecule has 4 N–H and O–H groups in total. The van der Waals surface area contributed by atoms with Crippen LogP contribution < -0.4 is 16.7 Å². The second-order valence-electron chi connectivity index (χ2n) is 13.3. The van der Waals surface area contributed by atoms with Crippen LogP contribution in [0, 0.1) is 28.6 Å². The van der Waals surface area contributed by atoms with Gasteiger partial charge in [0.2, 0.25) is 0 Å². The fourth-order valence-electron chi connectivity index (χ4n) is 9.70. The van der Waals surface area contributed by atoms with Crippen LogP contribution >= 0.6 is 0 Å². The van der Waals surface area contributed by atoms with Crippen molar-refractivity contribution in [2.75, 3.05) is 13.1 Å². The minimum absolute atomic E-state index is 0.0572. The van der Waals surface area contributed by atoms with Crippen LogP contribution in [0.15, 0.2) is 27.6 Å². The predicted molar refractivity (Wildman–Crippen MR) is 137 cm³/mol. The van der Waals surface area contributed by atoms with Crippen LogP contribution in [-0.2, 0) is 0 Å². The van der Waals surface area contributed by atoms with Crippen LogP contribution in [0.2, 0.25) is 0 Å². The van der Waals surface area contributed by atoms with E-state index < -0.39 is 5.60 Å². The van der Waals surface area contributed by atoms with E-state index in [1.54, 1.807) is 6.26 Å². The van der Waals surface area contributed by atoms with E-state index >= 15 is 0 Å². The van der Waals surface area contributed by atoms with Gasteiger partial charge in [0.05, 0.1) is 11.9 Å². The zero-order valence-corrected chi connectivity index (χ0v) is 21.9. The summed E-state index contributed by atoms with van der Waals surface area (Å²) >= 11 is 0. The number of nitrogens with one attached hydrogen (secondary N) is 1. The first-order chi connectivity index (χ1) is 17.1. The van der Waals surface area contributed by atoms with Gasteiger partial charge in [-0.1, -0.05) is 13.8 Å². The van der Waals surface area contributed by atoms with E-state index in [9.17, 15) is 14.7 Å². The van der Waals surface area contributed by atoms with Gasteiger partial charge in [-0.3, -0.25) is 0 Å². The summed E-state index contributed by atoms with van der Waals surface area (Å²) in [5, 5.41) is 15.7. The molecular formula is C29H43N3O4. The average Bonchev–Trinajstić information content (AvgIpc) is 3.41. The Bertz CT molecular complexity index is 1050. The Morgan fingerprint density at radius 2 is 1.92 bits per heavy atom. The molecule has 4 aliphatic carbocycles. The third-order valence-electron chi connectivity index (χ3n) is 11.8. The van der Waals surface area contributed by atoms with Gasteiger partial charge in [-0.05, 0) is 105 Å². The van der Waals surface area contributed by atoms with Crippen molar-refractivity contribution in [1.29, 1.82) is 0 Å². The molecular weight excluding hydrogens is 454 g/mol. The number of carbonyl (C=O) groups is 1. The van der Waals surface area contributed by atoms with Gasteiger partial charge in [0.25, 0.3) is 0 Å². The fraction of sp³-hybridized carbons (Fsp3) is 0.793. The molecule has 9 atom stereocenters. The lowest BCUT2D eigenvalue weighted by atomic mass is 9.43. The molecule has 0 aromatic carbocycles. The van der Waals surface area contributed by atoms with Crippen LogP contribution in [-0.4, -0.2) is 46.8 Å². The summed E-state index contributed by atoms with van der Waals surface area (Å²) < 4.78 is 5.22. The van der Waals surface area contributed by atoms with E-state index in [1.165, 1.54) is 6.07 Å². The second kappa shape index (κ2) is 8.59.